The third kappa shape index (κ3) is 5.47. The highest BCUT2D eigenvalue weighted by atomic mass is 16.6. The molecule has 5 atom stereocenters. The lowest BCUT2D eigenvalue weighted by Gasteiger charge is -2.45. The molecule has 1 saturated carbocycles. The summed E-state index contributed by atoms with van der Waals surface area (Å²) in [6.45, 7) is 0.510. The Bertz CT molecular complexity index is 975. The Labute approximate surface area is 195 Å². The molecule has 33 heavy (non-hydrogen) atoms. The van der Waals surface area contributed by atoms with Crippen molar-refractivity contribution in [3.63, 3.8) is 0 Å². The van der Waals surface area contributed by atoms with Gasteiger partial charge < -0.3 is 19.3 Å². The SMILES string of the molecule is COCC#Cc1ccc(CC[C@H]2O[C@H]3CC[C@H](CO)O[C@H]3C[C@H]2n2cc(C3CC3)nn2)cc1. The van der Waals surface area contributed by atoms with Gasteiger partial charge in [-0.15, -0.1) is 5.10 Å². The molecular weight excluding hydrogens is 418 g/mol. The first-order valence-corrected chi connectivity index (χ1v) is 12.1. The highest BCUT2D eigenvalue weighted by Gasteiger charge is 2.43. The number of methoxy groups -OCH3 is 1. The Kier molecular flexibility index (Phi) is 7.07. The maximum atomic E-state index is 9.57. The van der Waals surface area contributed by atoms with Crippen molar-refractivity contribution in [1.29, 1.82) is 0 Å². The number of ether oxygens (including phenoxy) is 3. The average Bonchev–Trinajstić information content (AvgIpc) is 3.59. The third-order valence-electron chi connectivity index (χ3n) is 7.00. The molecular formula is C26H33N3O4. The Hall–Kier alpha value is -2.24. The predicted octanol–water partition coefficient (Wildman–Crippen LogP) is 3.02. The van der Waals surface area contributed by atoms with E-state index in [0.717, 1.165) is 43.4 Å². The van der Waals surface area contributed by atoms with Crippen LogP contribution in [0.2, 0.25) is 0 Å². The minimum atomic E-state index is -0.0877. The lowest BCUT2D eigenvalue weighted by atomic mass is 9.88. The highest BCUT2D eigenvalue weighted by Crippen LogP contribution is 2.41. The van der Waals surface area contributed by atoms with E-state index >= 15 is 0 Å². The molecule has 7 nitrogen and oxygen atoms in total. The standard InChI is InChI=1S/C26H33N3O4/c1-31-14-2-3-18-4-6-19(7-5-18)8-12-24-23(29-16-22(27-28-29)20-9-10-20)15-26-25(33-24)13-11-21(17-30)32-26/h4-7,16,20-21,23-26,30H,8-15,17H2,1H3/t21-,23-,24-,25+,26+/m1/s1. The van der Waals surface area contributed by atoms with Gasteiger partial charge in [0, 0.05) is 31.2 Å². The number of aliphatic hydroxyl groups is 1. The summed E-state index contributed by atoms with van der Waals surface area (Å²) >= 11 is 0. The quantitative estimate of drug-likeness (QED) is 0.652. The van der Waals surface area contributed by atoms with E-state index in [1.165, 1.54) is 18.4 Å². The Balaban J connectivity index is 1.28. The van der Waals surface area contributed by atoms with Crippen LogP contribution in [0.25, 0.3) is 0 Å². The number of hydrogen-bond donors (Lipinski definition) is 1. The maximum Gasteiger partial charge on any atom is 0.107 e. The van der Waals surface area contributed by atoms with Gasteiger partial charge in [0.1, 0.15) is 6.61 Å². The molecule has 3 heterocycles. The van der Waals surface area contributed by atoms with Crippen molar-refractivity contribution < 1.29 is 19.3 Å². The summed E-state index contributed by atoms with van der Waals surface area (Å²) in [5, 5.41) is 18.5. The average molecular weight is 452 g/mol. The molecule has 5 rings (SSSR count). The van der Waals surface area contributed by atoms with Crippen LogP contribution in [0.4, 0.5) is 0 Å². The molecule has 1 aromatic carbocycles. The van der Waals surface area contributed by atoms with Crippen LogP contribution in [0.1, 0.15) is 67.3 Å². The molecule has 0 amide bonds. The highest BCUT2D eigenvalue weighted by molar-refractivity contribution is 5.36. The summed E-state index contributed by atoms with van der Waals surface area (Å²) in [7, 11) is 1.65. The van der Waals surface area contributed by atoms with E-state index in [4.69, 9.17) is 14.2 Å². The third-order valence-corrected chi connectivity index (χ3v) is 7.00. The van der Waals surface area contributed by atoms with Crippen LogP contribution in [0, 0.1) is 11.8 Å². The van der Waals surface area contributed by atoms with Crippen molar-refractivity contribution in [3.8, 4) is 11.8 Å². The minimum absolute atomic E-state index is 0.00400. The normalized spacial score (nSPS) is 29.2. The number of rotatable bonds is 7. The minimum Gasteiger partial charge on any atom is -0.394 e. The molecule has 2 saturated heterocycles. The molecule has 0 radical (unpaired) electrons. The second kappa shape index (κ2) is 10.4. The summed E-state index contributed by atoms with van der Waals surface area (Å²) in [5.74, 6) is 6.68. The van der Waals surface area contributed by atoms with Crippen LogP contribution >= 0.6 is 0 Å². The second-order valence-electron chi connectivity index (χ2n) is 9.44. The summed E-state index contributed by atoms with van der Waals surface area (Å²) in [6.07, 6.45) is 9.02. The lowest BCUT2D eigenvalue weighted by molar-refractivity contribution is -0.209. The van der Waals surface area contributed by atoms with Crippen LogP contribution in [0.5, 0.6) is 0 Å². The van der Waals surface area contributed by atoms with Gasteiger partial charge in [-0.2, -0.15) is 0 Å². The van der Waals surface area contributed by atoms with E-state index in [-0.39, 0.29) is 37.1 Å². The van der Waals surface area contributed by atoms with Gasteiger partial charge >= 0.3 is 0 Å². The van der Waals surface area contributed by atoms with Crippen LogP contribution in [0.15, 0.2) is 30.5 Å². The molecule has 2 aliphatic heterocycles. The number of aryl methyl sites for hydroxylation is 1. The summed E-state index contributed by atoms with van der Waals surface area (Å²) in [5.41, 5.74) is 3.37. The lowest BCUT2D eigenvalue weighted by Crippen LogP contribution is -2.51. The van der Waals surface area contributed by atoms with Gasteiger partial charge in [0.15, 0.2) is 0 Å². The van der Waals surface area contributed by atoms with Gasteiger partial charge in [0.25, 0.3) is 0 Å². The fourth-order valence-electron chi connectivity index (χ4n) is 4.97. The van der Waals surface area contributed by atoms with E-state index in [1.807, 2.05) is 4.68 Å². The first-order chi connectivity index (χ1) is 16.2. The van der Waals surface area contributed by atoms with Crippen molar-refractivity contribution in [3.05, 3.63) is 47.3 Å². The monoisotopic (exact) mass is 451 g/mol. The van der Waals surface area contributed by atoms with Gasteiger partial charge in [-0.05, 0) is 56.2 Å². The fraction of sp³-hybridized carbons (Fsp3) is 0.615. The van der Waals surface area contributed by atoms with Crippen molar-refractivity contribution in [1.82, 2.24) is 15.0 Å². The second-order valence-corrected chi connectivity index (χ2v) is 9.44. The number of aromatic nitrogens is 3. The smallest absolute Gasteiger partial charge is 0.107 e. The van der Waals surface area contributed by atoms with Gasteiger partial charge in [0.05, 0.1) is 42.8 Å². The molecule has 1 aromatic heterocycles. The van der Waals surface area contributed by atoms with Crippen molar-refractivity contribution >= 4 is 0 Å². The largest absolute Gasteiger partial charge is 0.394 e. The summed E-state index contributed by atoms with van der Waals surface area (Å²) < 4.78 is 19.8. The number of nitrogens with zero attached hydrogens (tertiary/aromatic N) is 3. The zero-order chi connectivity index (χ0) is 22.6. The zero-order valence-corrected chi connectivity index (χ0v) is 19.2. The topological polar surface area (TPSA) is 78.6 Å². The van der Waals surface area contributed by atoms with Crippen LogP contribution in [-0.2, 0) is 20.6 Å². The van der Waals surface area contributed by atoms with Gasteiger partial charge in [0.2, 0.25) is 0 Å². The molecule has 176 valence electrons. The van der Waals surface area contributed by atoms with E-state index in [9.17, 15) is 5.11 Å². The predicted molar refractivity (Wildman–Crippen MR) is 123 cm³/mol. The van der Waals surface area contributed by atoms with Crippen LogP contribution < -0.4 is 0 Å². The first-order valence-electron chi connectivity index (χ1n) is 12.1. The molecule has 0 unspecified atom stereocenters. The number of aliphatic hydroxyl groups excluding tert-OH is 1. The van der Waals surface area contributed by atoms with Gasteiger partial charge in [-0.3, -0.25) is 0 Å². The van der Waals surface area contributed by atoms with Crippen molar-refractivity contribution in [2.45, 2.75) is 81.3 Å². The Morgan fingerprint density at radius 2 is 1.97 bits per heavy atom. The number of fused-ring (bicyclic) bond motifs is 1. The van der Waals surface area contributed by atoms with Gasteiger partial charge in [-0.25, -0.2) is 4.68 Å². The Morgan fingerprint density at radius 1 is 1.12 bits per heavy atom. The maximum absolute atomic E-state index is 9.57. The van der Waals surface area contributed by atoms with Crippen molar-refractivity contribution in [2.24, 2.45) is 0 Å². The number of hydrogen-bond acceptors (Lipinski definition) is 6. The molecule has 7 heteroatoms. The molecule has 0 spiro atoms. The Morgan fingerprint density at radius 3 is 2.73 bits per heavy atom. The van der Waals surface area contributed by atoms with E-state index in [1.54, 1.807) is 7.11 Å². The van der Waals surface area contributed by atoms with Crippen LogP contribution in [-0.4, -0.2) is 64.8 Å². The number of benzene rings is 1. The molecule has 3 aliphatic rings. The first kappa shape index (κ1) is 22.5. The van der Waals surface area contributed by atoms with E-state index < -0.39 is 0 Å². The zero-order valence-electron chi connectivity index (χ0n) is 19.2. The summed E-state index contributed by atoms with van der Waals surface area (Å²) in [6, 6.07) is 8.51. The van der Waals surface area contributed by atoms with E-state index in [2.05, 4.69) is 52.6 Å². The molecule has 1 aliphatic carbocycles. The molecule has 1 N–H and O–H groups in total. The van der Waals surface area contributed by atoms with Crippen LogP contribution in [0.3, 0.4) is 0 Å². The summed E-state index contributed by atoms with van der Waals surface area (Å²) in [4.78, 5) is 0. The molecule has 2 aromatic rings. The molecule has 3 fully saturated rings. The van der Waals surface area contributed by atoms with Crippen molar-refractivity contribution in [2.75, 3.05) is 20.3 Å². The fourth-order valence-corrected chi connectivity index (χ4v) is 4.97. The molecule has 0 bridgehead atoms. The van der Waals surface area contributed by atoms with E-state index in [0.29, 0.717) is 12.5 Å². The van der Waals surface area contributed by atoms with Gasteiger partial charge in [-0.1, -0.05) is 29.2 Å².